The Morgan fingerprint density at radius 2 is 1.83 bits per heavy atom. The molecule has 7 heteroatoms. The van der Waals surface area contributed by atoms with Gasteiger partial charge >= 0.3 is 0 Å². The SMILES string of the molecule is COc1ccc(/C=C/C(=O)Nc2ccn(Cc3ccccc3Cl)n2)cc1COc1ccccc1C. The minimum atomic E-state index is -0.276. The summed E-state index contributed by atoms with van der Waals surface area (Å²) in [7, 11) is 1.63. The van der Waals surface area contributed by atoms with Gasteiger partial charge in [-0.15, -0.1) is 0 Å². The molecule has 0 atom stereocenters. The lowest BCUT2D eigenvalue weighted by Gasteiger charge is -2.12. The van der Waals surface area contributed by atoms with Crippen molar-refractivity contribution in [1.82, 2.24) is 9.78 Å². The van der Waals surface area contributed by atoms with E-state index in [1.807, 2.05) is 73.7 Å². The van der Waals surface area contributed by atoms with Gasteiger partial charge in [0.2, 0.25) is 5.91 Å². The molecular weight excluding hydrogens is 462 g/mol. The lowest BCUT2D eigenvalue weighted by molar-refractivity contribution is -0.111. The summed E-state index contributed by atoms with van der Waals surface area (Å²) in [5.74, 6) is 1.74. The highest BCUT2D eigenvalue weighted by Gasteiger charge is 2.08. The van der Waals surface area contributed by atoms with Crippen LogP contribution in [0.5, 0.6) is 11.5 Å². The summed E-state index contributed by atoms with van der Waals surface area (Å²) in [6.07, 6.45) is 5.01. The van der Waals surface area contributed by atoms with Crippen LogP contribution in [0.2, 0.25) is 5.02 Å². The predicted molar refractivity (Wildman–Crippen MR) is 139 cm³/mol. The summed E-state index contributed by atoms with van der Waals surface area (Å²) in [6, 6.07) is 22.9. The first-order chi connectivity index (χ1) is 17.0. The Bertz CT molecular complexity index is 1350. The molecule has 6 nitrogen and oxygen atoms in total. The molecule has 0 aliphatic rings. The van der Waals surface area contributed by atoms with Crippen molar-refractivity contribution in [1.29, 1.82) is 0 Å². The molecule has 35 heavy (non-hydrogen) atoms. The molecule has 0 aliphatic heterocycles. The summed E-state index contributed by atoms with van der Waals surface area (Å²) < 4.78 is 13.2. The van der Waals surface area contributed by atoms with Crippen LogP contribution < -0.4 is 14.8 Å². The molecule has 178 valence electrons. The second kappa shape index (κ2) is 11.4. The number of anilines is 1. The van der Waals surface area contributed by atoms with Gasteiger partial charge in [0.05, 0.1) is 13.7 Å². The van der Waals surface area contributed by atoms with E-state index >= 15 is 0 Å². The molecule has 1 N–H and O–H groups in total. The highest BCUT2D eigenvalue weighted by atomic mass is 35.5. The number of methoxy groups -OCH3 is 1. The van der Waals surface area contributed by atoms with Crippen LogP contribution in [0.15, 0.2) is 85.1 Å². The minimum Gasteiger partial charge on any atom is -0.496 e. The number of benzene rings is 3. The standard InChI is InChI=1S/C28H26ClN3O3/c1-20-7-3-6-10-25(20)35-19-23-17-21(11-13-26(23)34-2)12-14-28(33)30-27-15-16-32(31-27)18-22-8-4-5-9-24(22)29/h3-17H,18-19H2,1-2H3,(H,30,31,33)/b14-12+. The van der Waals surface area contributed by atoms with Crippen molar-refractivity contribution < 1.29 is 14.3 Å². The zero-order valence-electron chi connectivity index (χ0n) is 19.6. The Balaban J connectivity index is 1.38. The average Bonchev–Trinajstić information content (AvgIpc) is 3.30. The molecule has 0 fully saturated rings. The molecule has 0 saturated heterocycles. The van der Waals surface area contributed by atoms with Crippen LogP contribution in [0, 0.1) is 6.92 Å². The normalized spacial score (nSPS) is 10.9. The summed E-state index contributed by atoms with van der Waals surface area (Å²) in [4.78, 5) is 12.4. The molecule has 0 radical (unpaired) electrons. The number of nitrogens with one attached hydrogen (secondary N) is 1. The number of carbonyl (C=O) groups excluding carboxylic acids is 1. The fourth-order valence-electron chi connectivity index (χ4n) is 3.55. The van der Waals surface area contributed by atoms with E-state index in [0.29, 0.717) is 24.0 Å². The lowest BCUT2D eigenvalue weighted by Crippen LogP contribution is -2.09. The number of hydrogen-bond acceptors (Lipinski definition) is 4. The molecule has 0 aliphatic carbocycles. The predicted octanol–water partition coefficient (Wildman–Crippen LogP) is 6.13. The van der Waals surface area contributed by atoms with Crippen molar-refractivity contribution in [3.05, 3.63) is 112 Å². The van der Waals surface area contributed by atoms with Gasteiger partial charge in [-0.1, -0.05) is 54.1 Å². The van der Waals surface area contributed by atoms with Crippen LogP contribution in [-0.2, 0) is 17.9 Å². The van der Waals surface area contributed by atoms with Crippen LogP contribution in [-0.4, -0.2) is 22.8 Å². The number of amides is 1. The quantitative estimate of drug-likeness (QED) is 0.288. The van der Waals surface area contributed by atoms with Gasteiger partial charge in [-0.3, -0.25) is 9.48 Å². The van der Waals surface area contributed by atoms with Gasteiger partial charge in [-0.05, 0) is 54.0 Å². The van der Waals surface area contributed by atoms with E-state index < -0.39 is 0 Å². The summed E-state index contributed by atoms with van der Waals surface area (Å²) in [5.41, 5.74) is 3.76. The van der Waals surface area contributed by atoms with Crippen LogP contribution >= 0.6 is 11.6 Å². The average molecular weight is 488 g/mol. The highest BCUT2D eigenvalue weighted by Crippen LogP contribution is 2.24. The van der Waals surface area contributed by atoms with Crippen molar-refractivity contribution in [2.45, 2.75) is 20.1 Å². The van der Waals surface area contributed by atoms with Crippen LogP contribution in [0.1, 0.15) is 22.3 Å². The zero-order valence-corrected chi connectivity index (χ0v) is 20.3. The number of rotatable bonds is 9. The number of hydrogen-bond donors (Lipinski definition) is 1. The molecule has 4 rings (SSSR count). The van der Waals surface area contributed by atoms with Gasteiger partial charge in [0.1, 0.15) is 18.1 Å². The van der Waals surface area contributed by atoms with E-state index in [9.17, 15) is 4.79 Å². The van der Waals surface area contributed by atoms with Gasteiger partial charge in [-0.25, -0.2) is 0 Å². The molecule has 3 aromatic carbocycles. The van der Waals surface area contributed by atoms with Gasteiger partial charge in [0.25, 0.3) is 0 Å². The summed E-state index contributed by atoms with van der Waals surface area (Å²) in [6.45, 7) is 2.87. The Labute approximate surface area is 209 Å². The Hall–Kier alpha value is -4.03. The van der Waals surface area contributed by atoms with Crippen molar-refractivity contribution >= 4 is 29.4 Å². The maximum atomic E-state index is 12.4. The summed E-state index contributed by atoms with van der Waals surface area (Å²) >= 11 is 6.22. The fourth-order valence-corrected chi connectivity index (χ4v) is 3.74. The van der Waals surface area contributed by atoms with Crippen LogP contribution in [0.4, 0.5) is 5.82 Å². The molecule has 0 spiro atoms. The third kappa shape index (κ3) is 6.52. The number of ether oxygens (including phenoxy) is 2. The van der Waals surface area contributed by atoms with Crippen molar-refractivity contribution in [2.75, 3.05) is 12.4 Å². The minimum absolute atomic E-state index is 0.276. The molecule has 0 unspecified atom stereocenters. The summed E-state index contributed by atoms with van der Waals surface area (Å²) in [5, 5.41) is 7.86. The first kappa shape index (κ1) is 24.1. The topological polar surface area (TPSA) is 65.4 Å². The Morgan fingerprint density at radius 1 is 1.03 bits per heavy atom. The van der Waals surface area contributed by atoms with Crippen LogP contribution in [0.3, 0.4) is 0 Å². The second-order valence-electron chi connectivity index (χ2n) is 7.94. The van der Waals surface area contributed by atoms with Crippen molar-refractivity contribution in [3.63, 3.8) is 0 Å². The van der Waals surface area contributed by atoms with Gasteiger partial charge in [-0.2, -0.15) is 5.10 Å². The van der Waals surface area contributed by atoms with Crippen molar-refractivity contribution in [3.8, 4) is 11.5 Å². The van der Waals surface area contributed by atoms with E-state index in [0.717, 1.165) is 33.8 Å². The lowest BCUT2D eigenvalue weighted by atomic mass is 10.1. The molecule has 1 amide bonds. The highest BCUT2D eigenvalue weighted by molar-refractivity contribution is 6.31. The van der Waals surface area contributed by atoms with E-state index in [1.54, 1.807) is 30.1 Å². The van der Waals surface area contributed by atoms with E-state index in [1.165, 1.54) is 6.08 Å². The third-order valence-corrected chi connectivity index (χ3v) is 5.76. The molecule has 4 aromatic rings. The second-order valence-corrected chi connectivity index (χ2v) is 8.35. The number of para-hydroxylation sites is 1. The van der Waals surface area contributed by atoms with Gasteiger partial charge < -0.3 is 14.8 Å². The van der Waals surface area contributed by atoms with E-state index in [-0.39, 0.29) is 5.91 Å². The molecule has 0 saturated carbocycles. The Kier molecular flexibility index (Phi) is 7.85. The van der Waals surface area contributed by atoms with Crippen molar-refractivity contribution in [2.24, 2.45) is 0 Å². The molecule has 1 aromatic heterocycles. The monoisotopic (exact) mass is 487 g/mol. The largest absolute Gasteiger partial charge is 0.496 e. The number of carbonyl (C=O) groups is 1. The molecule has 0 bridgehead atoms. The van der Waals surface area contributed by atoms with Crippen LogP contribution in [0.25, 0.3) is 6.08 Å². The maximum absolute atomic E-state index is 12.4. The molecular formula is C28H26ClN3O3. The number of aryl methyl sites for hydroxylation is 1. The first-order valence-electron chi connectivity index (χ1n) is 11.1. The van der Waals surface area contributed by atoms with Gasteiger partial charge in [0, 0.05) is 28.9 Å². The number of aromatic nitrogens is 2. The maximum Gasteiger partial charge on any atom is 0.249 e. The number of nitrogens with zero attached hydrogens (tertiary/aromatic N) is 2. The van der Waals surface area contributed by atoms with E-state index in [2.05, 4.69) is 10.4 Å². The van der Waals surface area contributed by atoms with Gasteiger partial charge in [0.15, 0.2) is 5.82 Å². The fraction of sp³-hybridized carbons (Fsp3) is 0.143. The smallest absolute Gasteiger partial charge is 0.249 e. The van der Waals surface area contributed by atoms with E-state index in [4.69, 9.17) is 21.1 Å². The molecule has 1 heterocycles. The zero-order chi connectivity index (χ0) is 24.6. The Morgan fingerprint density at radius 3 is 2.63 bits per heavy atom. The number of halogens is 1. The first-order valence-corrected chi connectivity index (χ1v) is 11.5. The third-order valence-electron chi connectivity index (χ3n) is 5.39.